The molecule has 3 heterocycles. The van der Waals surface area contributed by atoms with Crippen molar-refractivity contribution in [3.8, 4) is 22.8 Å². The minimum Gasteiger partial charge on any atom is -0.493 e. The second kappa shape index (κ2) is 9.02. The molecule has 34 heavy (non-hydrogen) atoms. The fraction of sp³-hybridized carbons (Fsp3) is 0.346. The van der Waals surface area contributed by atoms with Crippen molar-refractivity contribution in [2.75, 3.05) is 25.2 Å². The molecule has 176 valence electrons. The van der Waals surface area contributed by atoms with Crippen LogP contribution in [-0.2, 0) is 24.2 Å². The first-order valence-electron chi connectivity index (χ1n) is 11.4. The molecule has 1 amide bonds. The Morgan fingerprint density at radius 3 is 2.88 bits per heavy atom. The Morgan fingerprint density at radius 1 is 1.24 bits per heavy atom. The summed E-state index contributed by atoms with van der Waals surface area (Å²) in [6, 6.07) is 9.73. The van der Waals surface area contributed by atoms with Crippen molar-refractivity contribution in [1.29, 1.82) is 0 Å². The lowest BCUT2D eigenvalue weighted by Crippen LogP contribution is -2.43. The van der Waals surface area contributed by atoms with Crippen LogP contribution in [0.3, 0.4) is 0 Å². The number of methoxy groups -OCH3 is 1. The Labute approximate surface area is 197 Å². The number of nitrogens with one attached hydrogen (secondary N) is 1. The van der Waals surface area contributed by atoms with Crippen molar-refractivity contribution in [2.24, 2.45) is 0 Å². The van der Waals surface area contributed by atoms with Gasteiger partial charge >= 0.3 is 0 Å². The highest BCUT2D eigenvalue weighted by Crippen LogP contribution is 2.44. The van der Waals surface area contributed by atoms with Gasteiger partial charge in [-0.1, -0.05) is 18.2 Å². The van der Waals surface area contributed by atoms with Crippen LogP contribution in [0.4, 0.5) is 10.1 Å². The molecule has 2 aliphatic heterocycles. The van der Waals surface area contributed by atoms with Crippen molar-refractivity contribution >= 4 is 11.6 Å². The first-order valence-corrected chi connectivity index (χ1v) is 11.4. The maximum atomic E-state index is 14.9. The zero-order valence-electron chi connectivity index (χ0n) is 19.5. The molecule has 0 bridgehead atoms. The Morgan fingerprint density at radius 2 is 2.09 bits per heavy atom. The average Bonchev–Trinajstić information content (AvgIpc) is 2.84. The Bertz CT molecular complexity index is 1260. The minimum atomic E-state index is -0.542. The summed E-state index contributed by atoms with van der Waals surface area (Å²) in [5.41, 5.74) is 4.91. The van der Waals surface area contributed by atoms with Crippen molar-refractivity contribution in [1.82, 2.24) is 15.3 Å². The highest BCUT2D eigenvalue weighted by molar-refractivity contribution is 6.00. The predicted octanol–water partition coefficient (Wildman–Crippen LogP) is 3.66. The van der Waals surface area contributed by atoms with Crippen molar-refractivity contribution in [3.63, 3.8) is 0 Å². The first-order chi connectivity index (χ1) is 16.4. The molecule has 2 aromatic carbocycles. The van der Waals surface area contributed by atoms with E-state index in [1.165, 1.54) is 24.4 Å². The Kier molecular flexibility index (Phi) is 5.91. The third-order valence-electron chi connectivity index (χ3n) is 6.23. The topological polar surface area (TPSA) is 76.6 Å². The molecule has 0 saturated carbocycles. The van der Waals surface area contributed by atoms with Crippen LogP contribution in [0.25, 0.3) is 11.3 Å². The van der Waals surface area contributed by atoms with Crippen LogP contribution >= 0.6 is 0 Å². The van der Waals surface area contributed by atoms with Crippen LogP contribution in [0.1, 0.15) is 36.4 Å². The van der Waals surface area contributed by atoms with Gasteiger partial charge in [-0.05, 0) is 55.6 Å². The molecule has 1 N–H and O–H groups in total. The molecule has 2 aliphatic rings. The molecule has 0 fully saturated rings. The highest BCUT2D eigenvalue weighted by Gasteiger charge is 2.31. The van der Waals surface area contributed by atoms with Gasteiger partial charge in [0.15, 0.2) is 23.9 Å². The normalized spacial score (nSPS) is 15.1. The van der Waals surface area contributed by atoms with Gasteiger partial charge in [0.05, 0.1) is 19.0 Å². The number of hydrogen-bond donors (Lipinski definition) is 1. The number of rotatable bonds is 5. The maximum absolute atomic E-state index is 14.9. The predicted molar refractivity (Wildman–Crippen MR) is 127 cm³/mol. The van der Waals surface area contributed by atoms with Crippen LogP contribution in [0.15, 0.2) is 36.5 Å². The monoisotopic (exact) mass is 462 g/mol. The van der Waals surface area contributed by atoms with Gasteiger partial charge < -0.3 is 19.7 Å². The van der Waals surface area contributed by atoms with Crippen molar-refractivity contribution < 1.29 is 18.7 Å². The van der Waals surface area contributed by atoms with Crippen LogP contribution < -0.4 is 19.7 Å². The summed E-state index contributed by atoms with van der Waals surface area (Å²) in [6.45, 7) is 5.61. The van der Waals surface area contributed by atoms with E-state index in [2.05, 4.69) is 33.5 Å². The summed E-state index contributed by atoms with van der Waals surface area (Å²) in [4.78, 5) is 23.0. The third kappa shape index (κ3) is 4.09. The van der Waals surface area contributed by atoms with E-state index < -0.39 is 5.82 Å². The summed E-state index contributed by atoms with van der Waals surface area (Å²) in [6.07, 6.45) is 2.71. The lowest BCUT2D eigenvalue weighted by Gasteiger charge is -2.33. The van der Waals surface area contributed by atoms with Crippen LogP contribution in [-0.4, -0.2) is 42.2 Å². The molecule has 0 aliphatic carbocycles. The van der Waals surface area contributed by atoms with Gasteiger partial charge in [0.2, 0.25) is 0 Å². The van der Waals surface area contributed by atoms with E-state index in [-0.39, 0.29) is 24.2 Å². The second-order valence-corrected chi connectivity index (χ2v) is 8.86. The second-order valence-electron chi connectivity index (χ2n) is 8.86. The Hall–Kier alpha value is -3.52. The van der Waals surface area contributed by atoms with Gasteiger partial charge in [-0.2, -0.15) is 0 Å². The number of anilines is 1. The number of fused-ring (bicyclic) bond motifs is 2. The van der Waals surface area contributed by atoms with Crippen molar-refractivity contribution in [2.45, 2.75) is 39.3 Å². The van der Waals surface area contributed by atoms with Gasteiger partial charge in [0.25, 0.3) is 5.91 Å². The summed E-state index contributed by atoms with van der Waals surface area (Å²) in [5.74, 6) is 0.709. The van der Waals surface area contributed by atoms with E-state index in [1.54, 1.807) is 17.0 Å². The molecule has 5 rings (SSSR count). The summed E-state index contributed by atoms with van der Waals surface area (Å²) in [5, 5.41) is 3.39. The molecule has 0 atom stereocenters. The number of hydrogen-bond acceptors (Lipinski definition) is 6. The van der Waals surface area contributed by atoms with Gasteiger partial charge in [-0.3, -0.25) is 4.79 Å². The van der Waals surface area contributed by atoms with E-state index >= 15 is 0 Å². The summed E-state index contributed by atoms with van der Waals surface area (Å²) >= 11 is 0. The maximum Gasteiger partial charge on any atom is 0.265 e. The number of carbonyl (C=O) groups is 1. The number of aromatic nitrogens is 2. The molecule has 8 heteroatoms. The van der Waals surface area contributed by atoms with Gasteiger partial charge in [-0.15, -0.1) is 0 Å². The average molecular weight is 463 g/mol. The fourth-order valence-electron chi connectivity index (χ4n) is 4.62. The molecular formula is C26H27FN4O3. The van der Waals surface area contributed by atoms with E-state index in [4.69, 9.17) is 9.47 Å². The van der Waals surface area contributed by atoms with E-state index in [9.17, 15) is 9.18 Å². The quantitative estimate of drug-likeness (QED) is 0.624. The summed E-state index contributed by atoms with van der Waals surface area (Å²) in [7, 11) is 1.52. The first kappa shape index (κ1) is 22.3. The number of ether oxygens (including phenoxy) is 2. The molecule has 1 aromatic heterocycles. The molecule has 0 radical (unpaired) electrons. The molecule has 3 aromatic rings. The Balaban J connectivity index is 1.53. The van der Waals surface area contributed by atoms with E-state index in [0.717, 1.165) is 25.1 Å². The number of benzene rings is 2. The molecule has 0 saturated heterocycles. The van der Waals surface area contributed by atoms with E-state index in [0.29, 0.717) is 35.0 Å². The van der Waals surface area contributed by atoms with E-state index in [1.807, 2.05) is 13.8 Å². The zero-order chi connectivity index (χ0) is 23.8. The number of carbonyl (C=O) groups excluding carboxylic acids is 1. The molecule has 7 nitrogen and oxygen atoms in total. The van der Waals surface area contributed by atoms with Crippen LogP contribution in [0, 0.1) is 5.82 Å². The highest BCUT2D eigenvalue weighted by atomic mass is 19.1. The number of nitrogens with zero attached hydrogens (tertiary/aromatic N) is 3. The van der Waals surface area contributed by atoms with Crippen LogP contribution in [0.2, 0.25) is 0 Å². The lowest BCUT2D eigenvalue weighted by molar-refractivity contribution is -0.121. The molecular weight excluding hydrogens is 435 g/mol. The summed E-state index contributed by atoms with van der Waals surface area (Å²) < 4.78 is 26.1. The van der Waals surface area contributed by atoms with Crippen molar-refractivity contribution in [3.05, 3.63) is 64.9 Å². The molecule has 0 unspecified atom stereocenters. The SMILES string of the molecule is COc1cc(-c2nc(Cc3ccc4c(c3)CNCC4)ncc2F)cc2c1OCC(=O)N2C(C)C. The fourth-order valence-corrected chi connectivity index (χ4v) is 4.62. The minimum absolute atomic E-state index is 0.0663. The van der Waals surface area contributed by atoms with Crippen LogP contribution in [0.5, 0.6) is 11.5 Å². The van der Waals surface area contributed by atoms with Gasteiger partial charge in [-0.25, -0.2) is 14.4 Å². The number of amides is 1. The number of halogens is 1. The van der Waals surface area contributed by atoms with Gasteiger partial charge in [0.1, 0.15) is 11.5 Å². The molecule has 0 spiro atoms. The largest absolute Gasteiger partial charge is 0.493 e. The third-order valence-corrected chi connectivity index (χ3v) is 6.23. The van der Waals surface area contributed by atoms with Gasteiger partial charge in [0, 0.05) is 24.6 Å². The standard InChI is InChI=1S/C26H27FN4O3/c1-15(2)31-21-10-18(11-22(33-3)26(21)34-14-24(31)32)25-20(27)13-29-23(30-25)9-16-4-5-17-6-7-28-12-19(17)8-16/h4-5,8,10-11,13,15,28H,6-7,9,12,14H2,1-3H3. The zero-order valence-corrected chi connectivity index (χ0v) is 19.5. The lowest BCUT2D eigenvalue weighted by atomic mass is 9.97. The smallest absolute Gasteiger partial charge is 0.265 e.